The van der Waals surface area contributed by atoms with Gasteiger partial charge in [-0.05, 0) is 73.4 Å². The third-order valence-corrected chi connectivity index (χ3v) is 7.39. The van der Waals surface area contributed by atoms with Crippen molar-refractivity contribution in [2.45, 2.75) is 31.5 Å². The van der Waals surface area contributed by atoms with Gasteiger partial charge in [0.1, 0.15) is 5.82 Å². The Labute approximate surface area is 226 Å². The number of carbonyl (C=O) groups is 1. The van der Waals surface area contributed by atoms with Crippen molar-refractivity contribution in [2.24, 2.45) is 0 Å². The highest BCUT2D eigenvalue weighted by Gasteiger charge is 2.44. The van der Waals surface area contributed by atoms with Gasteiger partial charge in [0.2, 0.25) is 0 Å². The summed E-state index contributed by atoms with van der Waals surface area (Å²) >= 11 is 0. The number of halogens is 3. The maximum Gasteiger partial charge on any atom is 0.416 e. The second-order valence-electron chi connectivity index (χ2n) is 9.89. The van der Waals surface area contributed by atoms with E-state index in [-0.39, 0.29) is 11.4 Å². The first-order chi connectivity index (χ1) is 19.2. The molecule has 200 valence electrons. The molecule has 3 aromatic carbocycles. The molecule has 6 rings (SSSR count). The third-order valence-electron chi connectivity index (χ3n) is 7.39. The Morgan fingerprint density at radius 3 is 2.58 bits per heavy atom. The molecule has 1 atom stereocenters. The monoisotopic (exact) mass is 541 g/mol. The van der Waals surface area contributed by atoms with Gasteiger partial charge < -0.3 is 9.88 Å². The van der Waals surface area contributed by atoms with E-state index < -0.39 is 17.3 Å². The van der Waals surface area contributed by atoms with Gasteiger partial charge in [0.05, 0.1) is 57.4 Å². The lowest BCUT2D eigenvalue weighted by atomic mass is 9.95. The van der Waals surface area contributed by atoms with E-state index in [1.165, 1.54) is 23.3 Å². The molecule has 8 nitrogen and oxygen atoms in total. The Bertz CT molecular complexity index is 1790. The van der Waals surface area contributed by atoms with Crippen LogP contribution in [0.5, 0.6) is 0 Å². The highest BCUT2D eigenvalue weighted by molar-refractivity contribution is 5.99. The van der Waals surface area contributed by atoms with Crippen LogP contribution in [-0.4, -0.2) is 42.3 Å². The molecule has 0 spiro atoms. The summed E-state index contributed by atoms with van der Waals surface area (Å²) in [7, 11) is 0. The lowest BCUT2D eigenvalue weighted by Crippen LogP contribution is -2.44. The van der Waals surface area contributed by atoms with Crippen molar-refractivity contribution in [1.29, 1.82) is 5.26 Å². The van der Waals surface area contributed by atoms with Gasteiger partial charge in [-0.2, -0.15) is 33.4 Å². The average molecular weight is 542 g/mol. The number of fused-ring (bicyclic) bond motifs is 1. The summed E-state index contributed by atoms with van der Waals surface area (Å²) in [5.41, 5.74) is 1.82. The number of amides is 1. The highest BCUT2D eigenvalue weighted by atomic mass is 19.4. The number of hydrogen-bond donors (Lipinski definition) is 1. The van der Waals surface area contributed by atoms with E-state index in [1.807, 2.05) is 19.1 Å². The maximum atomic E-state index is 14.3. The van der Waals surface area contributed by atoms with Crippen LogP contribution < -0.4 is 0 Å². The molecule has 0 aliphatic carbocycles. The standard InChI is InChI=1S/C29H22F3N7O/c1-28(27-36-23-8-7-21(29(30,31)32)16-24(23)37-27)10-3-13-38(28)26(40)22-15-20(19-5-2-4-18(14-19)17-33)6-9-25(22)39-34-11-12-35-39/h2,4-9,11-12,14-16H,3,10,13H2,1H3,(H,36,37)/t28-/m0/s1. The van der Waals surface area contributed by atoms with Gasteiger partial charge in [-0.3, -0.25) is 4.79 Å². The molecule has 1 saturated heterocycles. The van der Waals surface area contributed by atoms with Crippen LogP contribution in [0.1, 0.15) is 47.1 Å². The maximum absolute atomic E-state index is 14.3. The summed E-state index contributed by atoms with van der Waals surface area (Å²) in [5, 5.41) is 17.8. The predicted octanol–water partition coefficient (Wildman–Crippen LogP) is 5.85. The van der Waals surface area contributed by atoms with Crippen molar-refractivity contribution in [1.82, 2.24) is 29.9 Å². The molecule has 0 saturated carbocycles. The number of nitriles is 1. The first kappa shape index (κ1) is 25.3. The number of H-pyrrole nitrogens is 1. The van der Waals surface area contributed by atoms with Crippen LogP contribution in [0, 0.1) is 11.3 Å². The number of aromatic nitrogens is 5. The molecule has 3 heterocycles. The lowest BCUT2D eigenvalue weighted by molar-refractivity contribution is -0.137. The highest BCUT2D eigenvalue weighted by Crippen LogP contribution is 2.40. The Balaban J connectivity index is 1.43. The van der Waals surface area contributed by atoms with Gasteiger partial charge >= 0.3 is 6.18 Å². The lowest BCUT2D eigenvalue weighted by Gasteiger charge is -2.34. The normalized spacial score (nSPS) is 17.3. The summed E-state index contributed by atoms with van der Waals surface area (Å²) in [6.45, 7) is 2.30. The predicted molar refractivity (Wildman–Crippen MR) is 140 cm³/mol. The Hall–Kier alpha value is -4.98. The molecular weight excluding hydrogens is 519 g/mol. The number of imidazole rings is 1. The van der Waals surface area contributed by atoms with E-state index in [0.717, 1.165) is 23.3 Å². The van der Waals surface area contributed by atoms with Crippen LogP contribution in [0.2, 0.25) is 0 Å². The molecule has 1 amide bonds. The largest absolute Gasteiger partial charge is 0.416 e. The zero-order valence-electron chi connectivity index (χ0n) is 21.3. The van der Waals surface area contributed by atoms with Gasteiger partial charge in [0.25, 0.3) is 5.91 Å². The van der Waals surface area contributed by atoms with Crippen LogP contribution in [0.3, 0.4) is 0 Å². The van der Waals surface area contributed by atoms with Crippen LogP contribution in [0.15, 0.2) is 73.1 Å². The van der Waals surface area contributed by atoms with Crippen LogP contribution in [-0.2, 0) is 11.7 Å². The Kier molecular flexibility index (Phi) is 5.91. The van der Waals surface area contributed by atoms with Crippen molar-refractivity contribution in [2.75, 3.05) is 6.54 Å². The minimum atomic E-state index is -4.48. The average Bonchev–Trinajstić information content (AvgIpc) is 3.72. The molecule has 1 N–H and O–H groups in total. The molecule has 1 aliphatic heterocycles. The van der Waals surface area contributed by atoms with Gasteiger partial charge in [0.15, 0.2) is 0 Å². The number of hydrogen-bond acceptors (Lipinski definition) is 5. The summed E-state index contributed by atoms with van der Waals surface area (Å²) < 4.78 is 39.9. The van der Waals surface area contributed by atoms with E-state index in [9.17, 15) is 23.2 Å². The zero-order valence-corrected chi connectivity index (χ0v) is 21.3. The topological polar surface area (TPSA) is 103 Å². The fourth-order valence-corrected chi connectivity index (χ4v) is 5.29. The van der Waals surface area contributed by atoms with Gasteiger partial charge in [-0.25, -0.2) is 4.98 Å². The number of rotatable bonds is 4. The number of carbonyl (C=O) groups excluding carboxylic acids is 1. The molecule has 0 radical (unpaired) electrons. The van der Waals surface area contributed by atoms with Crippen molar-refractivity contribution in [3.63, 3.8) is 0 Å². The first-order valence-corrected chi connectivity index (χ1v) is 12.6. The number of nitrogens with one attached hydrogen (secondary N) is 1. The molecule has 1 fully saturated rings. The summed E-state index contributed by atoms with van der Waals surface area (Å²) in [6, 6.07) is 18.0. The molecule has 0 bridgehead atoms. The van der Waals surface area contributed by atoms with Crippen LogP contribution in [0.4, 0.5) is 13.2 Å². The number of aromatic amines is 1. The van der Waals surface area contributed by atoms with Crippen molar-refractivity contribution >= 4 is 16.9 Å². The van der Waals surface area contributed by atoms with E-state index in [4.69, 9.17) is 0 Å². The number of nitrogens with zero attached hydrogens (tertiary/aromatic N) is 6. The number of benzene rings is 3. The summed E-state index contributed by atoms with van der Waals surface area (Å²) in [5.74, 6) is 0.131. The molecular formula is C29H22F3N7O. The Morgan fingerprint density at radius 1 is 1.05 bits per heavy atom. The van der Waals surface area contributed by atoms with Gasteiger partial charge in [-0.15, -0.1) is 0 Å². The molecule has 40 heavy (non-hydrogen) atoms. The number of alkyl halides is 3. The Morgan fingerprint density at radius 2 is 1.82 bits per heavy atom. The second kappa shape index (κ2) is 9.34. The smallest absolute Gasteiger partial charge is 0.340 e. The van der Waals surface area contributed by atoms with E-state index in [1.54, 1.807) is 35.2 Å². The fraction of sp³-hybridized carbons (Fsp3) is 0.207. The fourth-order valence-electron chi connectivity index (χ4n) is 5.29. The molecule has 11 heteroatoms. The van der Waals surface area contributed by atoms with Crippen molar-refractivity contribution in [3.8, 4) is 22.9 Å². The SMILES string of the molecule is C[C@@]1(c2nc3ccc(C(F)(F)F)cc3[nH]2)CCCN1C(=O)c1cc(-c2cccc(C#N)c2)ccc1-n1nccn1. The second-order valence-corrected chi connectivity index (χ2v) is 9.89. The molecule has 2 aromatic heterocycles. The number of likely N-dealkylation sites (tertiary alicyclic amines) is 1. The van der Waals surface area contributed by atoms with Crippen LogP contribution >= 0.6 is 0 Å². The summed E-state index contributed by atoms with van der Waals surface area (Å²) in [4.78, 5) is 25.0. The van der Waals surface area contributed by atoms with Gasteiger partial charge in [-0.1, -0.05) is 18.2 Å². The van der Waals surface area contributed by atoms with Crippen LogP contribution in [0.25, 0.3) is 27.8 Å². The van der Waals surface area contributed by atoms with Crippen molar-refractivity contribution in [3.05, 3.63) is 95.6 Å². The molecule has 1 aliphatic rings. The van der Waals surface area contributed by atoms with E-state index >= 15 is 0 Å². The molecule has 0 unspecified atom stereocenters. The quantitative estimate of drug-likeness (QED) is 0.307. The van der Waals surface area contributed by atoms with E-state index in [2.05, 4.69) is 26.2 Å². The molecule has 5 aromatic rings. The minimum absolute atomic E-state index is 0.256. The summed E-state index contributed by atoms with van der Waals surface area (Å²) in [6.07, 6.45) is -0.187. The minimum Gasteiger partial charge on any atom is -0.340 e. The first-order valence-electron chi connectivity index (χ1n) is 12.6. The van der Waals surface area contributed by atoms with Gasteiger partial charge in [0, 0.05) is 6.54 Å². The van der Waals surface area contributed by atoms with E-state index in [0.29, 0.717) is 47.5 Å². The third kappa shape index (κ3) is 4.27. The van der Waals surface area contributed by atoms with Crippen molar-refractivity contribution < 1.29 is 18.0 Å². The zero-order chi connectivity index (χ0) is 28.1.